The summed E-state index contributed by atoms with van der Waals surface area (Å²) in [5.41, 5.74) is 0.986. The zero-order chi connectivity index (χ0) is 5.70. The second kappa shape index (κ2) is 3.47. The summed E-state index contributed by atoms with van der Waals surface area (Å²) >= 11 is 0. The summed E-state index contributed by atoms with van der Waals surface area (Å²) in [4.78, 5) is 0. The highest BCUT2D eigenvalue weighted by Crippen LogP contribution is 1.74. The molecule has 0 rings (SSSR count). The van der Waals surface area contributed by atoms with Gasteiger partial charge in [-0.1, -0.05) is 12.7 Å². The Labute approximate surface area is 44.7 Å². The molecule has 0 aromatic carbocycles. The Hall–Kier alpha value is -0.720. The Balaban J connectivity index is 2.97. The molecule has 0 aliphatic carbocycles. The van der Waals surface area contributed by atoms with Crippen LogP contribution in [0, 0.1) is 0 Å². The van der Waals surface area contributed by atoms with Gasteiger partial charge >= 0.3 is 0 Å². The summed E-state index contributed by atoms with van der Waals surface area (Å²) in [6, 6.07) is 0. The molecule has 0 aliphatic heterocycles. The second-order valence-corrected chi connectivity index (χ2v) is 1.45. The molecular weight excluding hydrogens is 88.1 g/mol. The Morgan fingerprint density at radius 1 is 1.86 bits per heavy atom. The smallest absolute Gasteiger partial charge is 0.0324 e. The van der Waals surface area contributed by atoms with Gasteiger partial charge in [-0.15, -0.1) is 6.58 Å². The Kier molecular flexibility index (Phi) is 3.11. The number of allylic oxidation sites excluding steroid dienone is 1. The highest BCUT2D eigenvalue weighted by atomic mass is 15.3. The molecule has 0 bridgehead atoms. The Bertz CT molecular complexity index is 74.2. The van der Waals surface area contributed by atoms with E-state index < -0.39 is 0 Å². The molecule has 40 valence electrons. The van der Waals surface area contributed by atoms with Crippen LogP contribution in [-0.2, 0) is 0 Å². The first-order chi connectivity index (χ1) is 3.27. The Morgan fingerprint density at radius 2 is 2.43 bits per heavy atom. The van der Waals surface area contributed by atoms with Crippen molar-refractivity contribution in [3.05, 3.63) is 24.9 Å². The fourth-order valence-electron chi connectivity index (χ4n) is 0.246. The van der Waals surface area contributed by atoms with Gasteiger partial charge in [0.25, 0.3) is 0 Å². The maximum Gasteiger partial charge on any atom is 0.0324 e. The number of hydrogen-bond acceptors (Lipinski definition) is 1. The van der Waals surface area contributed by atoms with Gasteiger partial charge in [-0.25, -0.2) is 0 Å². The first-order valence-corrected chi connectivity index (χ1v) is 2.27. The third kappa shape index (κ3) is 5.28. The molecule has 1 heteroatoms. The van der Waals surface area contributed by atoms with Gasteiger partial charge in [0.15, 0.2) is 0 Å². The molecule has 0 fully saturated rings. The lowest BCUT2D eigenvalue weighted by atomic mass is 10.6. The fraction of sp³-hybridized carbons (Fsp3) is 0.333. The molecule has 0 heterocycles. The molecule has 7 heavy (non-hydrogen) atoms. The van der Waals surface area contributed by atoms with Gasteiger partial charge in [0.05, 0.1) is 0 Å². The minimum absolute atomic E-state index is 0.815. The first-order valence-electron chi connectivity index (χ1n) is 2.27. The summed E-state index contributed by atoms with van der Waals surface area (Å²) in [6.45, 7) is 9.90. The van der Waals surface area contributed by atoms with E-state index >= 15 is 0 Å². The van der Waals surface area contributed by atoms with E-state index in [1.165, 1.54) is 0 Å². The van der Waals surface area contributed by atoms with Crippen LogP contribution >= 0.6 is 0 Å². The maximum absolute atomic E-state index is 3.63. The van der Waals surface area contributed by atoms with Gasteiger partial charge < -0.3 is 5.32 Å². The number of rotatable bonds is 3. The molecule has 0 atom stereocenters. The van der Waals surface area contributed by atoms with Gasteiger partial charge in [-0.05, 0) is 6.92 Å². The molecule has 0 saturated heterocycles. The average molecular weight is 99.2 g/mol. The van der Waals surface area contributed by atoms with Gasteiger partial charge in [-0.2, -0.15) is 0 Å². The minimum atomic E-state index is 0.815. The molecule has 0 aromatic heterocycles. The molecule has 1 N–H and O–H groups in total. The molecule has 0 unspecified atom stereocenters. The maximum atomic E-state index is 3.63. The molecule has 0 amide bonds. The Morgan fingerprint density at radius 3 is 2.57 bits per heavy atom. The van der Waals surface area contributed by atoms with Gasteiger partial charge in [-0.3, -0.25) is 0 Å². The summed E-state index contributed by atoms with van der Waals surface area (Å²) in [6.07, 6.45) is 1.80. The van der Waals surface area contributed by atoms with Gasteiger partial charge in [0.2, 0.25) is 0 Å². The lowest BCUT2D eigenvalue weighted by Gasteiger charge is -1.96. The quantitative estimate of drug-likeness (QED) is 0.526. The van der Waals surface area contributed by atoms with Crippen molar-refractivity contribution in [2.75, 3.05) is 6.54 Å². The van der Waals surface area contributed by atoms with E-state index in [0.29, 0.717) is 0 Å². The average Bonchev–Trinajstić information content (AvgIpc) is 1.61. The van der Waals surface area contributed by atoms with E-state index in [4.69, 9.17) is 0 Å². The molecule has 0 saturated carbocycles. The summed E-state index contributed by atoms with van der Waals surface area (Å²) in [5, 5.41) is 2.98. The third-order valence-corrected chi connectivity index (χ3v) is 0.548. The van der Waals surface area contributed by atoms with Crippen LogP contribution in [0.5, 0.6) is 0 Å². The van der Waals surface area contributed by atoms with Crippen molar-refractivity contribution >= 4 is 0 Å². The second-order valence-electron chi connectivity index (χ2n) is 1.45. The van der Waals surface area contributed by atoms with E-state index in [1.54, 1.807) is 6.08 Å². The third-order valence-electron chi connectivity index (χ3n) is 0.548. The van der Waals surface area contributed by atoms with E-state index in [9.17, 15) is 0 Å². The SMILES string of the molecule is C=C[14CH2]NC(=C)C. The van der Waals surface area contributed by atoms with Crippen LogP contribution < -0.4 is 5.32 Å². The van der Waals surface area contributed by atoms with Crippen molar-refractivity contribution in [1.82, 2.24) is 5.32 Å². The predicted molar refractivity (Wildman–Crippen MR) is 33.0 cm³/mol. The van der Waals surface area contributed by atoms with E-state index in [2.05, 4.69) is 18.5 Å². The molecular formula is C6H11N. The van der Waals surface area contributed by atoms with Crippen molar-refractivity contribution in [2.24, 2.45) is 0 Å². The largest absolute Gasteiger partial charge is 0.386 e. The molecule has 0 spiro atoms. The van der Waals surface area contributed by atoms with E-state index in [0.717, 1.165) is 12.2 Å². The summed E-state index contributed by atoms with van der Waals surface area (Å²) in [7, 11) is 0. The zero-order valence-corrected chi connectivity index (χ0v) is 4.70. The number of hydrogen-bond donors (Lipinski definition) is 1. The van der Waals surface area contributed by atoms with Crippen LogP contribution in [0.3, 0.4) is 0 Å². The van der Waals surface area contributed by atoms with Crippen LogP contribution in [0.2, 0.25) is 0 Å². The van der Waals surface area contributed by atoms with Gasteiger partial charge in [0, 0.05) is 12.2 Å². The minimum Gasteiger partial charge on any atom is -0.386 e. The number of nitrogens with one attached hydrogen (secondary N) is 1. The monoisotopic (exact) mass is 99.1 g/mol. The van der Waals surface area contributed by atoms with Crippen LogP contribution in [0.1, 0.15) is 6.92 Å². The fourth-order valence-corrected chi connectivity index (χ4v) is 0.246. The molecule has 0 radical (unpaired) electrons. The van der Waals surface area contributed by atoms with E-state index in [1.807, 2.05) is 6.92 Å². The van der Waals surface area contributed by atoms with E-state index in [-0.39, 0.29) is 0 Å². The normalized spacial score (nSPS) is 7.57. The lowest BCUT2D eigenvalue weighted by Crippen LogP contribution is -2.08. The standard InChI is InChI=1S/C6H11N/c1-4-5-7-6(2)3/h4,7H,1-2,5H2,3H3/i5+2. The predicted octanol–water partition coefficient (Wildman–Crippen LogP) is 1.30. The molecule has 1 nitrogen and oxygen atoms in total. The zero-order valence-electron chi connectivity index (χ0n) is 4.70. The van der Waals surface area contributed by atoms with Crippen LogP contribution in [-0.4, -0.2) is 6.54 Å². The van der Waals surface area contributed by atoms with Crippen LogP contribution in [0.4, 0.5) is 0 Å². The molecule has 0 aromatic rings. The van der Waals surface area contributed by atoms with Crippen molar-refractivity contribution in [1.29, 1.82) is 0 Å². The van der Waals surface area contributed by atoms with Crippen molar-refractivity contribution < 1.29 is 0 Å². The van der Waals surface area contributed by atoms with Crippen molar-refractivity contribution in [3.63, 3.8) is 0 Å². The van der Waals surface area contributed by atoms with Crippen LogP contribution in [0.15, 0.2) is 24.9 Å². The topological polar surface area (TPSA) is 12.0 Å². The lowest BCUT2D eigenvalue weighted by molar-refractivity contribution is 0.912. The van der Waals surface area contributed by atoms with Gasteiger partial charge in [0.1, 0.15) is 0 Å². The first kappa shape index (κ1) is 6.28. The highest BCUT2D eigenvalue weighted by Gasteiger charge is 1.73. The van der Waals surface area contributed by atoms with Crippen molar-refractivity contribution in [2.45, 2.75) is 6.92 Å². The summed E-state index contributed by atoms with van der Waals surface area (Å²) in [5.74, 6) is 0. The summed E-state index contributed by atoms with van der Waals surface area (Å²) < 4.78 is 0. The highest BCUT2D eigenvalue weighted by molar-refractivity contribution is 4.87. The van der Waals surface area contributed by atoms with Crippen molar-refractivity contribution in [3.8, 4) is 0 Å². The van der Waals surface area contributed by atoms with Crippen LogP contribution in [0.25, 0.3) is 0 Å². The molecule has 0 aliphatic rings.